The Morgan fingerprint density at radius 2 is 1.59 bits per heavy atom. The van der Waals surface area contributed by atoms with Gasteiger partial charge in [0, 0.05) is 11.9 Å². The normalized spacial score (nSPS) is 10.1. The predicted octanol–water partition coefficient (Wildman–Crippen LogP) is 5.31. The number of rotatable bonds is 5. The lowest BCUT2D eigenvalue weighted by atomic mass is 10.1. The molecule has 6 heteroatoms. The minimum atomic E-state index is -0.529. The molecule has 0 aromatic heterocycles. The van der Waals surface area contributed by atoms with Gasteiger partial charge in [0.25, 0.3) is 5.91 Å². The van der Waals surface area contributed by atoms with Crippen LogP contribution in [0.2, 0.25) is 5.02 Å². The Morgan fingerprint density at radius 3 is 2.33 bits per heavy atom. The maximum absolute atomic E-state index is 12.8. The lowest BCUT2D eigenvalue weighted by molar-refractivity contribution is -0.131. The fourth-order valence-electron chi connectivity index (χ4n) is 2.39. The summed E-state index contributed by atoms with van der Waals surface area (Å²) in [6.45, 7) is 1.26. The zero-order valence-corrected chi connectivity index (χ0v) is 15.2. The van der Waals surface area contributed by atoms with Gasteiger partial charge in [-0.15, -0.1) is 0 Å². The van der Waals surface area contributed by atoms with E-state index in [0.29, 0.717) is 22.2 Å². The third-order valence-corrected chi connectivity index (χ3v) is 3.78. The van der Waals surface area contributed by atoms with E-state index in [4.69, 9.17) is 21.1 Å². The lowest BCUT2D eigenvalue weighted by Gasteiger charge is -2.14. The second-order valence-electron chi connectivity index (χ2n) is 5.60. The van der Waals surface area contributed by atoms with Gasteiger partial charge in [-0.25, -0.2) is 0 Å². The molecule has 0 bridgehead atoms. The second-order valence-corrected chi connectivity index (χ2v) is 6.04. The monoisotopic (exact) mass is 381 g/mol. The van der Waals surface area contributed by atoms with Crippen LogP contribution in [0.4, 0.5) is 5.69 Å². The molecule has 136 valence electrons. The molecule has 0 aliphatic carbocycles. The van der Waals surface area contributed by atoms with Gasteiger partial charge in [-0.1, -0.05) is 41.9 Å². The van der Waals surface area contributed by atoms with Crippen molar-refractivity contribution in [3.63, 3.8) is 0 Å². The van der Waals surface area contributed by atoms with E-state index in [9.17, 15) is 9.59 Å². The van der Waals surface area contributed by atoms with Crippen LogP contribution in [0.3, 0.4) is 0 Å². The summed E-state index contributed by atoms with van der Waals surface area (Å²) >= 11 is 5.99. The molecule has 0 atom stereocenters. The number of carbonyl (C=O) groups excluding carboxylic acids is 2. The highest BCUT2D eigenvalue weighted by molar-refractivity contribution is 6.31. The number of hydrogen-bond donors (Lipinski definition) is 1. The van der Waals surface area contributed by atoms with Crippen LogP contribution in [0.1, 0.15) is 17.3 Å². The number of para-hydroxylation sites is 3. The van der Waals surface area contributed by atoms with Crippen molar-refractivity contribution < 1.29 is 19.1 Å². The van der Waals surface area contributed by atoms with Crippen LogP contribution < -0.4 is 14.8 Å². The molecule has 3 aromatic rings. The number of esters is 1. The van der Waals surface area contributed by atoms with E-state index in [1.807, 2.05) is 30.3 Å². The van der Waals surface area contributed by atoms with E-state index in [2.05, 4.69) is 5.32 Å². The highest BCUT2D eigenvalue weighted by Crippen LogP contribution is 2.31. The molecule has 27 heavy (non-hydrogen) atoms. The predicted molar refractivity (Wildman–Crippen MR) is 104 cm³/mol. The van der Waals surface area contributed by atoms with Gasteiger partial charge < -0.3 is 14.8 Å². The van der Waals surface area contributed by atoms with Crippen LogP contribution in [-0.2, 0) is 4.79 Å². The summed E-state index contributed by atoms with van der Waals surface area (Å²) in [6, 6.07) is 20.7. The lowest BCUT2D eigenvalue weighted by Crippen LogP contribution is -2.15. The van der Waals surface area contributed by atoms with Crippen molar-refractivity contribution in [3.05, 3.63) is 83.4 Å². The fraction of sp³-hybridized carbons (Fsp3) is 0.0476. The third kappa shape index (κ3) is 4.86. The van der Waals surface area contributed by atoms with Gasteiger partial charge in [-0.05, 0) is 42.5 Å². The molecule has 3 rings (SSSR count). The standard InChI is InChI=1S/C21H16ClNO4/c1-14(24)26-19-12-11-15(22)13-17(19)21(25)23-18-9-5-6-10-20(18)27-16-7-3-2-4-8-16/h2-13H,1H3,(H,23,25). The van der Waals surface area contributed by atoms with Crippen molar-refractivity contribution in [1.82, 2.24) is 0 Å². The van der Waals surface area contributed by atoms with Crippen LogP contribution in [-0.4, -0.2) is 11.9 Å². The highest BCUT2D eigenvalue weighted by atomic mass is 35.5. The van der Waals surface area contributed by atoms with Gasteiger partial charge >= 0.3 is 5.97 Å². The Balaban J connectivity index is 1.87. The van der Waals surface area contributed by atoms with Crippen molar-refractivity contribution in [2.24, 2.45) is 0 Å². The number of halogens is 1. The molecule has 0 aliphatic rings. The zero-order chi connectivity index (χ0) is 19.2. The van der Waals surface area contributed by atoms with Gasteiger partial charge in [-0.3, -0.25) is 9.59 Å². The minimum Gasteiger partial charge on any atom is -0.455 e. The van der Waals surface area contributed by atoms with E-state index in [1.165, 1.54) is 19.1 Å². The number of benzene rings is 3. The quantitative estimate of drug-likeness (QED) is 0.480. The summed E-state index contributed by atoms with van der Waals surface area (Å²) in [5, 5.41) is 3.13. The van der Waals surface area contributed by atoms with Gasteiger partial charge in [-0.2, -0.15) is 0 Å². The third-order valence-electron chi connectivity index (χ3n) is 3.55. The molecule has 0 saturated heterocycles. The number of anilines is 1. The molecule has 0 unspecified atom stereocenters. The number of ether oxygens (including phenoxy) is 2. The summed E-state index contributed by atoms with van der Waals surface area (Å²) in [6.07, 6.45) is 0. The van der Waals surface area contributed by atoms with E-state index in [0.717, 1.165) is 0 Å². The fourth-order valence-corrected chi connectivity index (χ4v) is 2.56. The molecule has 0 heterocycles. The maximum Gasteiger partial charge on any atom is 0.308 e. The number of hydrogen-bond acceptors (Lipinski definition) is 4. The van der Waals surface area contributed by atoms with Crippen LogP contribution in [0.5, 0.6) is 17.2 Å². The molecular weight excluding hydrogens is 366 g/mol. The smallest absolute Gasteiger partial charge is 0.308 e. The Labute approximate surface area is 161 Å². The molecule has 0 spiro atoms. The summed E-state index contributed by atoms with van der Waals surface area (Å²) in [5.74, 6) is 0.249. The van der Waals surface area contributed by atoms with E-state index < -0.39 is 11.9 Å². The Kier molecular flexibility index (Phi) is 5.74. The number of amides is 1. The van der Waals surface area contributed by atoms with Gasteiger partial charge in [0.2, 0.25) is 0 Å². The van der Waals surface area contributed by atoms with E-state index >= 15 is 0 Å². The minimum absolute atomic E-state index is 0.130. The first-order valence-corrected chi connectivity index (χ1v) is 8.52. The van der Waals surface area contributed by atoms with Gasteiger partial charge in [0.05, 0.1) is 11.3 Å². The number of carbonyl (C=O) groups is 2. The molecular formula is C21H16ClNO4. The van der Waals surface area contributed by atoms with Gasteiger partial charge in [0.1, 0.15) is 11.5 Å². The number of nitrogens with one attached hydrogen (secondary N) is 1. The van der Waals surface area contributed by atoms with Crippen molar-refractivity contribution in [1.29, 1.82) is 0 Å². The highest BCUT2D eigenvalue weighted by Gasteiger charge is 2.17. The van der Waals surface area contributed by atoms with Crippen molar-refractivity contribution in [3.8, 4) is 17.2 Å². The molecule has 5 nitrogen and oxygen atoms in total. The van der Waals surface area contributed by atoms with Crippen molar-refractivity contribution in [2.75, 3.05) is 5.32 Å². The zero-order valence-electron chi connectivity index (χ0n) is 14.4. The van der Waals surface area contributed by atoms with E-state index in [1.54, 1.807) is 30.3 Å². The Bertz CT molecular complexity index is 973. The largest absolute Gasteiger partial charge is 0.455 e. The van der Waals surface area contributed by atoms with Crippen LogP contribution in [0.15, 0.2) is 72.8 Å². The molecule has 1 amide bonds. The second kappa shape index (κ2) is 8.38. The molecule has 3 aromatic carbocycles. The topological polar surface area (TPSA) is 64.6 Å². The Hall–Kier alpha value is -3.31. The molecule has 0 radical (unpaired) electrons. The molecule has 0 aliphatic heterocycles. The van der Waals surface area contributed by atoms with Crippen LogP contribution >= 0.6 is 11.6 Å². The Morgan fingerprint density at radius 1 is 0.889 bits per heavy atom. The average molecular weight is 382 g/mol. The summed E-state index contributed by atoms with van der Waals surface area (Å²) in [7, 11) is 0. The summed E-state index contributed by atoms with van der Waals surface area (Å²) < 4.78 is 10.9. The first kappa shape index (κ1) is 18.5. The first-order chi connectivity index (χ1) is 13.0. The van der Waals surface area contributed by atoms with Crippen molar-refractivity contribution in [2.45, 2.75) is 6.92 Å². The van der Waals surface area contributed by atoms with Crippen LogP contribution in [0.25, 0.3) is 0 Å². The molecule has 0 saturated carbocycles. The van der Waals surface area contributed by atoms with Crippen molar-refractivity contribution >= 4 is 29.2 Å². The SMILES string of the molecule is CC(=O)Oc1ccc(Cl)cc1C(=O)Nc1ccccc1Oc1ccccc1. The van der Waals surface area contributed by atoms with Crippen LogP contribution in [0, 0.1) is 0 Å². The first-order valence-electron chi connectivity index (χ1n) is 8.14. The summed E-state index contributed by atoms with van der Waals surface area (Å²) in [5.41, 5.74) is 0.618. The molecule has 1 N–H and O–H groups in total. The van der Waals surface area contributed by atoms with E-state index in [-0.39, 0.29) is 11.3 Å². The average Bonchev–Trinajstić information content (AvgIpc) is 2.65. The maximum atomic E-state index is 12.8. The summed E-state index contributed by atoms with van der Waals surface area (Å²) in [4.78, 5) is 24.0. The van der Waals surface area contributed by atoms with Gasteiger partial charge in [0.15, 0.2) is 5.75 Å². The molecule has 0 fully saturated rings.